The Bertz CT molecular complexity index is 200. The minimum atomic E-state index is -0.725. The highest BCUT2D eigenvalue weighted by Crippen LogP contribution is 2.11. The number of rotatable bonds is 6. The van der Waals surface area contributed by atoms with E-state index in [0.717, 1.165) is 19.3 Å². The summed E-state index contributed by atoms with van der Waals surface area (Å²) in [4.78, 5) is 11.9. The van der Waals surface area contributed by atoms with Crippen molar-refractivity contribution in [1.82, 2.24) is 5.32 Å². The van der Waals surface area contributed by atoms with Crippen molar-refractivity contribution >= 4 is 5.91 Å². The Hall–Kier alpha value is -0.570. The minimum Gasteiger partial charge on any atom is -0.352 e. The number of hydrogen-bond acceptors (Lipinski definition) is 2. The third kappa shape index (κ3) is 4.65. The first-order chi connectivity index (χ1) is 6.85. The van der Waals surface area contributed by atoms with E-state index in [-0.39, 0.29) is 11.9 Å². The summed E-state index contributed by atoms with van der Waals surface area (Å²) in [5, 5.41) is 3.03. The Kier molecular flexibility index (Phi) is 5.88. The van der Waals surface area contributed by atoms with Gasteiger partial charge in [0, 0.05) is 6.04 Å². The second-order valence-corrected chi connectivity index (χ2v) is 4.90. The molecule has 0 aromatic carbocycles. The molecule has 0 aliphatic rings. The molecule has 0 rings (SSSR count). The summed E-state index contributed by atoms with van der Waals surface area (Å²) in [6.07, 6.45) is 2.61. The van der Waals surface area contributed by atoms with Crippen LogP contribution < -0.4 is 11.1 Å². The van der Waals surface area contributed by atoms with Crippen LogP contribution in [0.2, 0.25) is 0 Å². The molecule has 3 heteroatoms. The number of nitrogens with two attached hydrogens (primary N) is 1. The quantitative estimate of drug-likeness (QED) is 0.711. The smallest absolute Gasteiger partial charge is 0.240 e. The molecule has 0 fully saturated rings. The molecule has 0 radical (unpaired) electrons. The molecule has 0 aromatic rings. The van der Waals surface area contributed by atoms with Gasteiger partial charge in [-0.3, -0.25) is 4.79 Å². The van der Waals surface area contributed by atoms with Gasteiger partial charge in [-0.25, -0.2) is 0 Å². The van der Waals surface area contributed by atoms with Crippen LogP contribution in [-0.2, 0) is 4.79 Å². The first-order valence-electron chi connectivity index (χ1n) is 5.95. The van der Waals surface area contributed by atoms with E-state index in [1.807, 2.05) is 6.92 Å². The highest BCUT2D eigenvalue weighted by atomic mass is 16.2. The maximum absolute atomic E-state index is 11.9. The van der Waals surface area contributed by atoms with Gasteiger partial charge in [-0.1, -0.05) is 34.1 Å². The number of carbonyl (C=O) groups is 1. The van der Waals surface area contributed by atoms with E-state index in [9.17, 15) is 4.79 Å². The van der Waals surface area contributed by atoms with Gasteiger partial charge < -0.3 is 11.1 Å². The predicted molar refractivity (Wildman–Crippen MR) is 64.6 cm³/mol. The van der Waals surface area contributed by atoms with Crippen molar-refractivity contribution in [2.24, 2.45) is 11.7 Å². The molecule has 3 N–H and O–H groups in total. The van der Waals surface area contributed by atoms with Crippen molar-refractivity contribution in [3.05, 3.63) is 0 Å². The van der Waals surface area contributed by atoms with Crippen molar-refractivity contribution in [1.29, 1.82) is 0 Å². The van der Waals surface area contributed by atoms with Crippen LogP contribution in [0.4, 0.5) is 0 Å². The lowest BCUT2D eigenvalue weighted by Gasteiger charge is -2.28. The van der Waals surface area contributed by atoms with Crippen molar-refractivity contribution in [3.8, 4) is 0 Å². The average Bonchev–Trinajstić information content (AvgIpc) is 2.12. The van der Waals surface area contributed by atoms with Crippen LogP contribution in [0, 0.1) is 5.92 Å². The molecule has 0 saturated carbocycles. The van der Waals surface area contributed by atoms with E-state index in [0.29, 0.717) is 5.92 Å². The zero-order valence-electron chi connectivity index (χ0n) is 10.8. The number of hydrogen-bond donors (Lipinski definition) is 2. The lowest BCUT2D eigenvalue weighted by atomic mass is 9.94. The first kappa shape index (κ1) is 14.4. The third-order valence-corrected chi connectivity index (χ3v) is 2.85. The summed E-state index contributed by atoms with van der Waals surface area (Å²) in [7, 11) is 0. The summed E-state index contributed by atoms with van der Waals surface area (Å²) in [5.41, 5.74) is 5.24. The van der Waals surface area contributed by atoms with E-state index in [1.165, 1.54) is 0 Å². The van der Waals surface area contributed by atoms with Gasteiger partial charge in [0.1, 0.15) is 0 Å². The molecule has 0 aliphatic heterocycles. The summed E-state index contributed by atoms with van der Waals surface area (Å²) in [6, 6.07) is 0.234. The highest BCUT2D eigenvalue weighted by molar-refractivity contribution is 5.85. The first-order valence-corrected chi connectivity index (χ1v) is 5.95. The van der Waals surface area contributed by atoms with Gasteiger partial charge in [-0.15, -0.1) is 0 Å². The van der Waals surface area contributed by atoms with Gasteiger partial charge >= 0.3 is 0 Å². The second kappa shape index (κ2) is 6.11. The maximum Gasteiger partial charge on any atom is 0.240 e. The number of nitrogens with one attached hydrogen (secondary N) is 1. The molecule has 0 saturated heterocycles. The van der Waals surface area contributed by atoms with Crippen molar-refractivity contribution in [2.75, 3.05) is 0 Å². The lowest BCUT2D eigenvalue weighted by molar-refractivity contribution is -0.127. The Morgan fingerprint density at radius 3 is 2.27 bits per heavy atom. The number of amides is 1. The standard InChI is InChI=1S/C12H26N2O/c1-6-8-12(5,13)11(15)14-10(7-2)9(3)4/h9-10H,6-8,13H2,1-5H3,(H,14,15). The average molecular weight is 214 g/mol. The topological polar surface area (TPSA) is 55.1 Å². The molecule has 1 amide bonds. The maximum atomic E-state index is 11.9. The van der Waals surface area contributed by atoms with Crippen LogP contribution >= 0.6 is 0 Å². The zero-order chi connectivity index (χ0) is 12.1. The molecule has 3 nitrogen and oxygen atoms in total. The largest absolute Gasteiger partial charge is 0.352 e. The van der Waals surface area contributed by atoms with Crippen LogP contribution in [0.1, 0.15) is 53.9 Å². The van der Waals surface area contributed by atoms with Gasteiger partial charge in [0.05, 0.1) is 5.54 Å². The SMILES string of the molecule is CCCC(C)(N)C(=O)NC(CC)C(C)C. The summed E-state index contributed by atoms with van der Waals surface area (Å²) in [5.74, 6) is 0.432. The van der Waals surface area contributed by atoms with Crippen LogP contribution in [0.25, 0.3) is 0 Å². The van der Waals surface area contributed by atoms with Gasteiger partial charge in [0.2, 0.25) is 5.91 Å². The van der Waals surface area contributed by atoms with Gasteiger partial charge in [-0.05, 0) is 25.7 Å². The molecule has 0 aliphatic carbocycles. The molecule has 2 unspecified atom stereocenters. The summed E-state index contributed by atoms with van der Waals surface area (Å²) in [6.45, 7) is 10.2. The molecular formula is C12H26N2O. The summed E-state index contributed by atoms with van der Waals surface area (Å²) >= 11 is 0. The summed E-state index contributed by atoms with van der Waals surface area (Å²) < 4.78 is 0. The van der Waals surface area contributed by atoms with E-state index >= 15 is 0 Å². The van der Waals surface area contributed by atoms with Crippen LogP contribution in [0.5, 0.6) is 0 Å². The van der Waals surface area contributed by atoms with Crippen molar-refractivity contribution < 1.29 is 4.79 Å². The van der Waals surface area contributed by atoms with Gasteiger partial charge in [0.15, 0.2) is 0 Å². The van der Waals surface area contributed by atoms with Gasteiger partial charge in [0.25, 0.3) is 0 Å². The lowest BCUT2D eigenvalue weighted by Crippen LogP contribution is -2.54. The minimum absolute atomic E-state index is 0.0232. The fourth-order valence-corrected chi connectivity index (χ4v) is 1.71. The third-order valence-electron chi connectivity index (χ3n) is 2.85. The Labute approximate surface area is 93.8 Å². The van der Waals surface area contributed by atoms with Gasteiger partial charge in [-0.2, -0.15) is 0 Å². The zero-order valence-corrected chi connectivity index (χ0v) is 10.8. The number of carbonyl (C=O) groups excluding carboxylic acids is 1. The molecule has 90 valence electrons. The fourth-order valence-electron chi connectivity index (χ4n) is 1.71. The molecule has 0 bridgehead atoms. The van der Waals surface area contributed by atoms with E-state index in [1.54, 1.807) is 6.92 Å². The van der Waals surface area contributed by atoms with Crippen molar-refractivity contribution in [3.63, 3.8) is 0 Å². The second-order valence-electron chi connectivity index (χ2n) is 4.90. The monoisotopic (exact) mass is 214 g/mol. The van der Waals surface area contributed by atoms with E-state index < -0.39 is 5.54 Å². The highest BCUT2D eigenvalue weighted by Gasteiger charge is 2.29. The molecule has 2 atom stereocenters. The molecule has 0 heterocycles. The van der Waals surface area contributed by atoms with Crippen molar-refractivity contribution in [2.45, 2.75) is 65.5 Å². The Balaban J connectivity index is 4.33. The van der Waals surface area contributed by atoms with E-state index in [2.05, 4.69) is 26.1 Å². The Morgan fingerprint density at radius 1 is 1.40 bits per heavy atom. The van der Waals surface area contributed by atoms with E-state index in [4.69, 9.17) is 5.73 Å². The van der Waals surface area contributed by atoms with Crippen LogP contribution in [-0.4, -0.2) is 17.5 Å². The van der Waals surface area contributed by atoms with Crippen LogP contribution in [0.15, 0.2) is 0 Å². The molecule has 15 heavy (non-hydrogen) atoms. The predicted octanol–water partition coefficient (Wildman–Crippen LogP) is 2.05. The molecule has 0 spiro atoms. The van der Waals surface area contributed by atoms with Crippen LogP contribution in [0.3, 0.4) is 0 Å². The normalized spacial score (nSPS) is 17.3. The Morgan fingerprint density at radius 2 is 1.93 bits per heavy atom. The molecular weight excluding hydrogens is 188 g/mol. The molecule has 0 aromatic heterocycles. The fraction of sp³-hybridized carbons (Fsp3) is 0.917.